The van der Waals surface area contributed by atoms with Crippen molar-refractivity contribution < 1.29 is 32.2 Å². The molecule has 10 heteroatoms. The van der Waals surface area contributed by atoms with Crippen LogP contribution in [0.2, 0.25) is 0 Å². The molecule has 1 N–H and O–H groups in total. The van der Waals surface area contributed by atoms with Crippen molar-refractivity contribution in [2.45, 2.75) is 11.8 Å². The first kappa shape index (κ1) is 22.9. The summed E-state index contributed by atoms with van der Waals surface area (Å²) in [5, 5.41) is 2.66. The molecular formula is C21H26N2O7S. The van der Waals surface area contributed by atoms with Crippen LogP contribution in [0.5, 0.6) is 17.2 Å². The molecule has 9 nitrogen and oxygen atoms in total. The standard InChI is InChI=1S/C21H26N2O7S/c1-15-4-6-19(20(12-15)28-3)30-14-21(24)22-17-13-16(5-7-18(17)27-2)31(25,26)23-8-10-29-11-9-23/h4-7,12-13H,8-11,14H2,1-3H3,(H,22,24). The summed E-state index contributed by atoms with van der Waals surface area (Å²) in [7, 11) is -0.755. The number of morpholine rings is 1. The second kappa shape index (κ2) is 9.99. The normalized spacial score (nSPS) is 14.7. The molecule has 0 atom stereocenters. The Kier molecular flexibility index (Phi) is 7.37. The molecule has 0 radical (unpaired) electrons. The smallest absolute Gasteiger partial charge is 0.262 e. The monoisotopic (exact) mass is 450 g/mol. The lowest BCUT2D eigenvalue weighted by atomic mass is 10.2. The van der Waals surface area contributed by atoms with Gasteiger partial charge in [-0.25, -0.2) is 8.42 Å². The SMILES string of the molecule is COc1ccc(S(=O)(=O)N2CCOCC2)cc1NC(=O)COc1ccc(C)cc1OC. The Labute approximate surface area is 181 Å². The van der Waals surface area contributed by atoms with Crippen LogP contribution in [0.1, 0.15) is 5.56 Å². The highest BCUT2D eigenvalue weighted by molar-refractivity contribution is 7.89. The third-order valence-electron chi connectivity index (χ3n) is 4.73. The Hall–Kier alpha value is -2.82. The van der Waals surface area contributed by atoms with Gasteiger partial charge in [-0.3, -0.25) is 4.79 Å². The second-order valence-corrected chi connectivity index (χ2v) is 8.81. The first-order valence-corrected chi connectivity index (χ1v) is 11.1. The molecule has 0 saturated carbocycles. The van der Waals surface area contributed by atoms with E-state index in [1.807, 2.05) is 13.0 Å². The number of methoxy groups -OCH3 is 2. The Morgan fingerprint density at radius 3 is 2.39 bits per heavy atom. The Morgan fingerprint density at radius 2 is 1.71 bits per heavy atom. The van der Waals surface area contributed by atoms with Gasteiger partial charge in [0.05, 0.1) is 38.0 Å². The van der Waals surface area contributed by atoms with Crippen LogP contribution in [-0.4, -0.2) is 65.8 Å². The van der Waals surface area contributed by atoms with E-state index in [1.165, 1.54) is 36.7 Å². The average Bonchev–Trinajstić information content (AvgIpc) is 2.78. The molecule has 1 aliphatic rings. The van der Waals surface area contributed by atoms with Crippen LogP contribution in [0.25, 0.3) is 0 Å². The zero-order valence-electron chi connectivity index (χ0n) is 17.7. The zero-order chi connectivity index (χ0) is 22.4. The summed E-state index contributed by atoms with van der Waals surface area (Å²) in [6, 6.07) is 9.71. The van der Waals surface area contributed by atoms with Crippen molar-refractivity contribution in [1.82, 2.24) is 4.31 Å². The van der Waals surface area contributed by atoms with Crippen molar-refractivity contribution in [3.8, 4) is 17.2 Å². The van der Waals surface area contributed by atoms with Crippen molar-refractivity contribution in [3.05, 3.63) is 42.0 Å². The van der Waals surface area contributed by atoms with Gasteiger partial charge in [0.1, 0.15) is 5.75 Å². The van der Waals surface area contributed by atoms with Crippen molar-refractivity contribution in [2.24, 2.45) is 0 Å². The molecule has 0 spiro atoms. The van der Waals surface area contributed by atoms with E-state index < -0.39 is 15.9 Å². The molecule has 2 aromatic carbocycles. The number of carbonyl (C=O) groups excluding carboxylic acids is 1. The third kappa shape index (κ3) is 5.46. The number of carbonyl (C=O) groups is 1. The minimum absolute atomic E-state index is 0.0617. The highest BCUT2D eigenvalue weighted by Crippen LogP contribution is 2.30. The lowest BCUT2D eigenvalue weighted by Crippen LogP contribution is -2.40. The molecule has 168 valence electrons. The van der Waals surface area contributed by atoms with E-state index in [-0.39, 0.29) is 30.3 Å². The minimum Gasteiger partial charge on any atom is -0.495 e. The number of anilines is 1. The lowest BCUT2D eigenvalue weighted by molar-refractivity contribution is -0.118. The number of ether oxygens (including phenoxy) is 4. The number of hydrogen-bond acceptors (Lipinski definition) is 7. The molecule has 1 saturated heterocycles. The van der Waals surface area contributed by atoms with Gasteiger partial charge in [0.2, 0.25) is 10.0 Å². The quantitative estimate of drug-likeness (QED) is 0.656. The number of aryl methyl sites for hydroxylation is 1. The highest BCUT2D eigenvalue weighted by atomic mass is 32.2. The van der Waals surface area contributed by atoms with Crippen molar-refractivity contribution in [2.75, 3.05) is 52.4 Å². The van der Waals surface area contributed by atoms with Gasteiger partial charge in [0.15, 0.2) is 18.1 Å². The molecule has 3 rings (SSSR count). The van der Waals surface area contributed by atoms with Crippen LogP contribution in [0.15, 0.2) is 41.3 Å². The first-order valence-electron chi connectivity index (χ1n) is 9.68. The van der Waals surface area contributed by atoms with Gasteiger partial charge in [-0.15, -0.1) is 0 Å². The van der Waals surface area contributed by atoms with Crippen LogP contribution in [0.4, 0.5) is 5.69 Å². The number of rotatable bonds is 8. The molecule has 0 aliphatic carbocycles. The highest BCUT2D eigenvalue weighted by Gasteiger charge is 2.27. The van der Waals surface area contributed by atoms with Crippen molar-refractivity contribution in [3.63, 3.8) is 0 Å². The fourth-order valence-electron chi connectivity index (χ4n) is 3.10. The molecule has 2 aromatic rings. The topological polar surface area (TPSA) is 103 Å². The summed E-state index contributed by atoms with van der Waals surface area (Å²) in [6.07, 6.45) is 0. The predicted molar refractivity (Wildman–Crippen MR) is 114 cm³/mol. The summed E-state index contributed by atoms with van der Waals surface area (Å²) in [4.78, 5) is 12.5. The van der Waals surface area contributed by atoms with Gasteiger partial charge < -0.3 is 24.3 Å². The van der Waals surface area contributed by atoms with Crippen molar-refractivity contribution >= 4 is 21.6 Å². The van der Waals surface area contributed by atoms with Gasteiger partial charge in [-0.05, 0) is 42.8 Å². The second-order valence-electron chi connectivity index (χ2n) is 6.87. The minimum atomic E-state index is -3.71. The lowest BCUT2D eigenvalue weighted by Gasteiger charge is -2.26. The molecule has 1 heterocycles. The van der Waals surface area contributed by atoms with Gasteiger partial charge >= 0.3 is 0 Å². The molecule has 1 fully saturated rings. The van der Waals surface area contributed by atoms with E-state index in [1.54, 1.807) is 12.1 Å². The Balaban J connectivity index is 1.74. The largest absolute Gasteiger partial charge is 0.495 e. The molecular weight excluding hydrogens is 424 g/mol. The number of hydrogen-bond donors (Lipinski definition) is 1. The van der Waals surface area contributed by atoms with Gasteiger partial charge in [-0.2, -0.15) is 4.31 Å². The maximum atomic E-state index is 12.9. The number of benzene rings is 2. The number of nitrogens with zero attached hydrogens (tertiary/aromatic N) is 1. The summed E-state index contributed by atoms with van der Waals surface area (Å²) >= 11 is 0. The van der Waals surface area contributed by atoms with Gasteiger partial charge in [-0.1, -0.05) is 6.07 Å². The summed E-state index contributed by atoms with van der Waals surface area (Å²) in [5.74, 6) is 0.812. The Bertz CT molecular complexity index is 1030. The maximum Gasteiger partial charge on any atom is 0.262 e. The molecule has 31 heavy (non-hydrogen) atoms. The predicted octanol–water partition coefficient (Wildman–Crippen LogP) is 2.05. The summed E-state index contributed by atoms with van der Waals surface area (Å²) < 4.78 is 48.5. The fraction of sp³-hybridized carbons (Fsp3) is 0.381. The summed E-state index contributed by atoms with van der Waals surface area (Å²) in [5.41, 5.74) is 1.23. The van der Waals surface area contributed by atoms with Crippen LogP contribution in [0, 0.1) is 6.92 Å². The average molecular weight is 451 g/mol. The molecule has 0 aromatic heterocycles. The van der Waals surface area contributed by atoms with Gasteiger partial charge in [0.25, 0.3) is 5.91 Å². The van der Waals surface area contributed by atoms with E-state index in [9.17, 15) is 13.2 Å². The van der Waals surface area contributed by atoms with Crippen LogP contribution in [-0.2, 0) is 19.6 Å². The maximum absolute atomic E-state index is 12.9. The van der Waals surface area contributed by atoms with Gasteiger partial charge in [0, 0.05) is 13.1 Å². The number of sulfonamides is 1. The van der Waals surface area contributed by atoms with E-state index >= 15 is 0 Å². The van der Waals surface area contributed by atoms with E-state index in [2.05, 4.69) is 5.32 Å². The first-order chi connectivity index (χ1) is 14.8. The Morgan fingerprint density at radius 1 is 1.03 bits per heavy atom. The van der Waals surface area contributed by atoms with Crippen LogP contribution < -0.4 is 19.5 Å². The molecule has 1 amide bonds. The number of nitrogens with one attached hydrogen (secondary N) is 1. The van der Waals surface area contributed by atoms with E-state index in [0.717, 1.165) is 5.56 Å². The molecule has 1 aliphatic heterocycles. The fourth-order valence-corrected chi connectivity index (χ4v) is 4.54. The third-order valence-corrected chi connectivity index (χ3v) is 6.63. The number of amides is 1. The zero-order valence-corrected chi connectivity index (χ0v) is 18.5. The van der Waals surface area contributed by atoms with E-state index in [4.69, 9.17) is 18.9 Å². The van der Waals surface area contributed by atoms with Crippen molar-refractivity contribution in [1.29, 1.82) is 0 Å². The molecule has 0 unspecified atom stereocenters. The van der Waals surface area contributed by atoms with Crippen LogP contribution >= 0.6 is 0 Å². The van der Waals surface area contributed by atoms with E-state index in [0.29, 0.717) is 30.5 Å². The summed E-state index contributed by atoms with van der Waals surface area (Å²) in [6.45, 7) is 2.88. The molecule has 0 bridgehead atoms. The van der Waals surface area contributed by atoms with Crippen LogP contribution in [0.3, 0.4) is 0 Å².